The number of rotatable bonds is 4. The number of hydrogen-bond donors (Lipinski definition) is 2. The summed E-state index contributed by atoms with van der Waals surface area (Å²) in [7, 11) is 0. The molecule has 132 valence electrons. The molecule has 0 aliphatic carbocycles. The summed E-state index contributed by atoms with van der Waals surface area (Å²) in [5, 5.41) is 5.26. The number of hydrogen-bond acceptors (Lipinski definition) is 4. The first-order chi connectivity index (χ1) is 12.4. The van der Waals surface area contributed by atoms with E-state index in [2.05, 4.69) is 20.6 Å². The molecule has 1 amide bonds. The first-order valence-corrected chi connectivity index (χ1v) is 7.88. The Labute approximate surface area is 149 Å². The number of nitrogens with one attached hydrogen (secondary N) is 2. The number of aryl methyl sites for hydroxylation is 2. The predicted octanol–water partition coefficient (Wildman–Crippen LogP) is 4.37. The van der Waals surface area contributed by atoms with E-state index in [9.17, 15) is 13.6 Å². The van der Waals surface area contributed by atoms with E-state index in [0.29, 0.717) is 11.4 Å². The van der Waals surface area contributed by atoms with Gasteiger partial charge in [0.1, 0.15) is 23.0 Å². The van der Waals surface area contributed by atoms with Gasteiger partial charge in [-0.2, -0.15) is 0 Å². The molecule has 0 unspecified atom stereocenters. The van der Waals surface area contributed by atoms with Gasteiger partial charge in [-0.05, 0) is 43.7 Å². The van der Waals surface area contributed by atoms with Crippen LogP contribution < -0.4 is 10.6 Å². The molecule has 0 bridgehead atoms. The molecule has 0 saturated heterocycles. The van der Waals surface area contributed by atoms with Gasteiger partial charge in [0.2, 0.25) is 5.95 Å². The topological polar surface area (TPSA) is 66.9 Å². The van der Waals surface area contributed by atoms with Crippen LogP contribution >= 0.6 is 0 Å². The van der Waals surface area contributed by atoms with Crippen LogP contribution in [0.25, 0.3) is 0 Å². The molecule has 3 rings (SSSR count). The highest BCUT2D eigenvalue weighted by molar-refractivity contribution is 6.03. The average molecular weight is 354 g/mol. The lowest BCUT2D eigenvalue weighted by Gasteiger charge is -2.11. The Morgan fingerprint density at radius 3 is 2.35 bits per heavy atom. The summed E-state index contributed by atoms with van der Waals surface area (Å²) in [6, 6.07) is 12.3. The van der Waals surface area contributed by atoms with Crippen LogP contribution in [-0.2, 0) is 0 Å². The number of halogens is 2. The van der Waals surface area contributed by atoms with Crippen molar-refractivity contribution in [2.75, 3.05) is 10.6 Å². The lowest BCUT2D eigenvalue weighted by atomic mass is 10.2. The zero-order chi connectivity index (χ0) is 18.7. The van der Waals surface area contributed by atoms with Gasteiger partial charge >= 0.3 is 0 Å². The molecule has 0 saturated carbocycles. The van der Waals surface area contributed by atoms with Gasteiger partial charge in [0.25, 0.3) is 5.91 Å². The van der Waals surface area contributed by atoms with Crippen molar-refractivity contribution in [1.82, 2.24) is 9.97 Å². The number of para-hydroxylation sites is 2. The molecule has 1 heterocycles. The first kappa shape index (κ1) is 17.5. The molecule has 0 spiro atoms. The van der Waals surface area contributed by atoms with E-state index in [0.717, 1.165) is 17.7 Å². The van der Waals surface area contributed by atoms with Crippen LogP contribution in [0.1, 0.15) is 21.7 Å². The van der Waals surface area contributed by atoms with E-state index in [1.807, 2.05) is 25.1 Å². The van der Waals surface area contributed by atoms with Crippen LogP contribution in [-0.4, -0.2) is 15.9 Å². The summed E-state index contributed by atoms with van der Waals surface area (Å²) >= 11 is 0. The Morgan fingerprint density at radius 1 is 0.962 bits per heavy atom. The second-order valence-corrected chi connectivity index (χ2v) is 5.71. The van der Waals surface area contributed by atoms with E-state index in [1.165, 1.54) is 12.1 Å². The summed E-state index contributed by atoms with van der Waals surface area (Å²) in [5.74, 6) is -2.06. The maximum absolute atomic E-state index is 13.8. The van der Waals surface area contributed by atoms with Crippen LogP contribution in [0.4, 0.5) is 26.1 Å². The van der Waals surface area contributed by atoms with Crippen LogP contribution in [0.15, 0.2) is 48.5 Å². The Balaban J connectivity index is 1.88. The Kier molecular flexibility index (Phi) is 4.88. The zero-order valence-corrected chi connectivity index (χ0v) is 14.2. The molecule has 26 heavy (non-hydrogen) atoms. The summed E-state index contributed by atoms with van der Waals surface area (Å²) < 4.78 is 27.6. The number of carbonyl (C=O) groups is 1. The highest BCUT2D eigenvalue weighted by Crippen LogP contribution is 2.22. The van der Waals surface area contributed by atoms with Crippen molar-refractivity contribution >= 4 is 23.2 Å². The first-order valence-electron chi connectivity index (χ1n) is 7.88. The van der Waals surface area contributed by atoms with Gasteiger partial charge in [0.05, 0.1) is 0 Å². The SMILES string of the molecule is Cc1cc(C(=O)Nc2ccccc2C)nc(Nc2c(F)cccc2F)n1. The minimum absolute atomic E-state index is 0.0658. The quantitative estimate of drug-likeness (QED) is 0.730. The number of amides is 1. The van der Waals surface area contributed by atoms with Crippen LogP contribution in [0.3, 0.4) is 0 Å². The van der Waals surface area contributed by atoms with Crippen molar-refractivity contribution in [2.45, 2.75) is 13.8 Å². The van der Waals surface area contributed by atoms with Crippen LogP contribution in [0, 0.1) is 25.5 Å². The van der Waals surface area contributed by atoms with E-state index in [4.69, 9.17) is 0 Å². The summed E-state index contributed by atoms with van der Waals surface area (Å²) in [6.45, 7) is 3.53. The van der Waals surface area contributed by atoms with Crippen molar-refractivity contribution < 1.29 is 13.6 Å². The van der Waals surface area contributed by atoms with Gasteiger partial charge < -0.3 is 10.6 Å². The highest BCUT2D eigenvalue weighted by atomic mass is 19.1. The number of benzene rings is 2. The second-order valence-electron chi connectivity index (χ2n) is 5.71. The molecule has 0 atom stereocenters. The number of nitrogens with zero attached hydrogens (tertiary/aromatic N) is 2. The lowest BCUT2D eigenvalue weighted by Crippen LogP contribution is -2.16. The fourth-order valence-electron chi connectivity index (χ4n) is 2.37. The molecule has 0 radical (unpaired) electrons. The highest BCUT2D eigenvalue weighted by Gasteiger charge is 2.14. The minimum Gasteiger partial charge on any atom is -0.320 e. The Hall–Kier alpha value is -3.35. The standard InChI is InChI=1S/C19H16F2N4O/c1-11-6-3-4-9-15(11)23-18(26)16-10-12(2)22-19(24-16)25-17-13(20)7-5-8-14(17)21/h3-10H,1-2H3,(H,23,26)(H,22,24,25). The zero-order valence-electron chi connectivity index (χ0n) is 14.2. The van der Waals surface area contributed by atoms with Crippen molar-refractivity contribution in [3.8, 4) is 0 Å². The van der Waals surface area contributed by atoms with E-state index in [1.54, 1.807) is 13.0 Å². The molecule has 3 aromatic rings. The fourth-order valence-corrected chi connectivity index (χ4v) is 2.37. The largest absolute Gasteiger partial charge is 0.320 e. The number of aromatic nitrogens is 2. The second kappa shape index (κ2) is 7.26. The molecule has 5 nitrogen and oxygen atoms in total. The van der Waals surface area contributed by atoms with Crippen molar-refractivity contribution in [2.24, 2.45) is 0 Å². The molecular formula is C19H16F2N4O. The summed E-state index contributed by atoms with van der Waals surface area (Å²) in [5.41, 5.74) is 1.75. The Bertz CT molecular complexity index is 955. The third kappa shape index (κ3) is 3.83. The molecule has 2 aromatic carbocycles. The molecule has 7 heteroatoms. The Morgan fingerprint density at radius 2 is 1.65 bits per heavy atom. The smallest absolute Gasteiger partial charge is 0.274 e. The molecule has 0 aliphatic heterocycles. The third-order valence-electron chi connectivity index (χ3n) is 3.68. The maximum Gasteiger partial charge on any atom is 0.274 e. The molecule has 1 aromatic heterocycles. The fraction of sp³-hybridized carbons (Fsp3) is 0.105. The monoisotopic (exact) mass is 354 g/mol. The lowest BCUT2D eigenvalue weighted by molar-refractivity contribution is 0.102. The van der Waals surface area contributed by atoms with Crippen LogP contribution in [0.2, 0.25) is 0 Å². The van der Waals surface area contributed by atoms with Gasteiger partial charge in [-0.25, -0.2) is 18.7 Å². The molecule has 0 fully saturated rings. The van der Waals surface area contributed by atoms with Crippen molar-refractivity contribution in [3.63, 3.8) is 0 Å². The van der Waals surface area contributed by atoms with Gasteiger partial charge in [-0.15, -0.1) is 0 Å². The van der Waals surface area contributed by atoms with E-state index in [-0.39, 0.29) is 17.3 Å². The minimum atomic E-state index is -0.777. The number of carbonyl (C=O) groups excluding carboxylic acids is 1. The van der Waals surface area contributed by atoms with E-state index >= 15 is 0 Å². The maximum atomic E-state index is 13.8. The van der Waals surface area contributed by atoms with Crippen molar-refractivity contribution in [3.05, 3.63) is 77.1 Å². The molecular weight excluding hydrogens is 338 g/mol. The molecule has 0 aliphatic rings. The van der Waals surface area contributed by atoms with Gasteiger partial charge in [0, 0.05) is 11.4 Å². The van der Waals surface area contributed by atoms with Crippen molar-refractivity contribution in [1.29, 1.82) is 0 Å². The summed E-state index contributed by atoms with van der Waals surface area (Å²) in [4.78, 5) is 20.6. The normalized spacial score (nSPS) is 10.5. The van der Waals surface area contributed by atoms with Gasteiger partial charge in [-0.3, -0.25) is 4.79 Å². The van der Waals surface area contributed by atoms with Crippen LogP contribution in [0.5, 0.6) is 0 Å². The average Bonchev–Trinajstić information content (AvgIpc) is 2.60. The summed E-state index contributed by atoms with van der Waals surface area (Å²) in [6.07, 6.45) is 0. The molecule has 2 N–H and O–H groups in total. The van der Waals surface area contributed by atoms with E-state index < -0.39 is 17.5 Å². The van der Waals surface area contributed by atoms with Gasteiger partial charge in [-0.1, -0.05) is 24.3 Å². The van der Waals surface area contributed by atoms with Gasteiger partial charge in [0.15, 0.2) is 0 Å². The number of anilines is 3. The third-order valence-corrected chi connectivity index (χ3v) is 3.68. The predicted molar refractivity (Wildman–Crippen MR) is 95.5 cm³/mol.